The molecule has 1 aromatic rings. The highest BCUT2D eigenvalue weighted by Crippen LogP contribution is 2.33. The number of aromatic nitrogens is 2. The SMILES string of the molecule is CCc1c(Cl)ncnc1N1CCCC(C)(C)C1. The van der Waals surface area contributed by atoms with Crippen LogP contribution < -0.4 is 4.90 Å². The minimum atomic E-state index is 0.362. The van der Waals surface area contributed by atoms with Gasteiger partial charge in [0.1, 0.15) is 17.3 Å². The first kappa shape index (κ1) is 12.6. The summed E-state index contributed by atoms with van der Waals surface area (Å²) in [7, 11) is 0. The largest absolute Gasteiger partial charge is 0.356 e. The third-order valence-corrected chi connectivity index (χ3v) is 3.75. The fourth-order valence-electron chi connectivity index (χ4n) is 2.56. The Labute approximate surface area is 108 Å². The molecule has 2 heterocycles. The first-order chi connectivity index (χ1) is 8.03. The van der Waals surface area contributed by atoms with E-state index in [0.29, 0.717) is 10.6 Å². The molecule has 0 radical (unpaired) electrons. The zero-order valence-electron chi connectivity index (χ0n) is 10.8. The van der Waals surface area contributed by atoms with E-state index in [1.165, 1.54) is 12.8 Å². The number of rotatable bonds is 2. The van der Waals surface area contributed by atoms with Gasteiger partial charge >= 0.3 is 0 Å². The zero-order chi connectivity index (χ0) is 12.5. The summed E-state index contributed by atoms with van der Waals surface area (Å²) >= 11 is 6.14. The van der Waals surface area contributed by atoms with Gasteiger partial charge in [-0.05, 0) is 24.7 Å². The average Bonchev–Trinajstić information content (AvgIpc) is 2.27. The number of halogens is 1. The molecular weight excluding hydrogens is 234 g/mol. The summed E-state index contributed by atoms with van der Waals surface area (Å²) in [5.41, 5.74) is 1.44. The molecule has 1 fully saturated rings. The maximum absolute atomic E-state index is 6.14. The fourth-order valence-corrected chi connectivity index (χ4v) is 2.82. The number of nitrogens with zero attached hydrogens (tertiary/aromatic N) is 3. The van der Waals surface area contributed by atoms with Crippen molar-refractivity contribution in [1.29, 1.82) is 0 Å². The second kappa shape index (κ2) is 4.81. The summed E-state index contributed by atoms with van der Waals surface area (Å²) in [5.74, 6) is 1.03. The van der Waals surface area contributed by atoms with Gasteiger partial charge in [-0.1, -0.05) is 32.4 Å². The molecule has 4 heteroatoms. The normalized spacial score (nSPS) is 19.4. The van der Waals surface area contributed by atoms with Crippen LogP contribution >= 0.6 is 11.6 Å². The molecule has 0 bridgehead atoms. The number of piperidine rings is 1. The maximum Gasteiger partial charge on any atom is 0.137 e. The molecule has 1 aliphatic heterocycles. The van der Waals surface area contributed by atoms with Gasteiger partial charge < -0.3 is 4.90 Å². The van der Waals surface area contributed by atoms with E-state index in [2.05, 4.69) is 35.6 Å². The van der Waals surface area contributed by atoms with Crippen molar-refractivity contribution in [2.24, 2.45) is 5.41 Å². The Morgan fingerprint density at radius 3 is 2.82 bits per heavy atom. The Bertz CT molecular complexity index is 404. The Kier molecular flexibility index (Phi) is 3.57. The fraction of sp³-hybridized carbons (Fsp3) is 0.692. The number of anilines is 1. The molecule has 1 saturated heterocycles. The van der Waals surface area contributed by atoms with Gasteiger partial charge in [0.05, 0.1) is 0 Å². The van der Waals surface area contributed by atoms with E-state index in [0.717, 1.165) is 30.9 Å². The second-order valence-electron chi connectivity index (χ2n) is 5.51. The molecule has 0 unspecified atom stereocenters. The molecule has 94 valence electrons. The van der Waals surface area contributed by atoms with Crippen LogP contribution in [0.4, 0.5) is 5.82 Å². The molecule has 3 nitrogen and oxygen atoms in total. The lowest BCUT2D eigenvalue weighted by Crippen LogP contribution is -2.41. The van der Waals surface area contributed by atoms with Crippen LogP contribution in [0.1, 0.15) is 39.2 Å². The molecule has 0 atom stereocenters. The van der Waals surface area contributed by atoms with Crippen LogP contribution in [-0.4, -0.2) is 23.1 Å². The summed E-state index contributed by atoms with van der Waals surface area (Å²) < 4.78 is 0. The van der Waals surface area contributed by atoms with Gasteiger partial charge in [-0.2, -0.15) is 0 Å². The van der Waals surface area contributed by atoms with Crippen LogP contribution in [0, 0.1) is 5.41 Å². The van der Waals surface area contributed by atoms with Crippen LogP contribution in [0.5, 0.6) is 0 Å². The molecule has 0 amide bonds. The van der Waals surface area contributed by atoms with Gasteiger partial charge in [0, 0.05) is 18.7 Å². The van der Waals surface area contributed by atoms with Crippen molar-refractivity contribution >= 4 is 17.4 Å². The summed E-state index contributed by atoms with van der Waals surface area (Å²) in [4.78, 5) is 10.9. The second-order valence-corrected chi connectivity index (χ2v) is 5.87. The molecule has 0 aliphatic carbocycles. The Balaban J connectivity index is 2.30. The zero-order valence-corrected chi connectivity index (χ0v) is 11.6. The lowest BCUT2D eigenvalue weighted by Gasteiger charge is -2.39. The Morgan fingerprint density at radius 2 is 2.18 bits per heavy atom. The minimum absolute atomic E-state index is 0.362. The van der Waals surface area contributed by atoms with Gasteiger partial charge in [0.25, 0.3) is 0 Å². The van der Waals surface area contributed by atoms with E-state index in [1.54, 1.807) is 6.33 Å². The van der Waals surface area contributed by atoms with E-state index in [9.17, 15) is 0 Å². The standard InChI is InChI=1S/C13H20ClN3/c1-4-10-11(14)15-9-16-12(10)17-7-5-6-13(2,3)8-17/h9H,4-8H2,1-3H3. The van der Waals surface area contributed by atoms with E-state index in [1.807, 2.05) is 0 Å². The van der Waals surface area contributed by atoms with E-state index < -0.39 is 0 Å². The predicted octanol–water partition coefficient (Wildman–Crippen LogP) is 3.32. The van der Waals surface area contributed by atoms with Crippen LogP contribution in [-0.2, 0) is 6.42 Å². The molecular formula is C13H20ClN3. The van der Waals surface area contributed by atoms with E-state index in [4.69, 9.17) is 11.6 Å². The molecule has 0 spiro atoms. The molecule has 17 heavy (non-hydrogen) atoms. The first-order valence-corrected chi connectivity index (χ1v) is 6.65. The molecule has 1 aliphatic rings. The summed E-state index contributed by atoms with van der Waals surface area (Å²) in [6.07, 6.45) is 4.95. The van der Waals surface area contributed by atoms with Crippen LogP contribution in [0.2, 0.25) is 5.15 Å². The average molecular weight is 254 g/mol. The van der Waals surface area contributed by atoms with Crippen molar-refractivity contribution in [2.45, 2.75) is 40.0 Å². The quantitative estimate of drug-likeness (QED) is 0.758. The summed E-state index contributed by atoms with van der Waals surface area (Å²) in [6, 6.07) is 0. The topological polar surface area (TPSA) is 29.0 Å². The van der Waals surface area contributed by atoms with Crippen molar-refractivity contribution in [3.05, 3.63) is 17.0 Å². The minimum Gasteiger partial charge on any atom is -0.356 e. The van der Waals surface area contributed by atoms with Crippen LogP contribution in [0.3, 0.4) is 0 Å². The summed E-state index contributed by atoms with van der Waals surface area (Å²) in [6.45, 7) is 8.85. The van der Waals surface area contributed by atoms with Crippen molar-refractivity contribution in [3.63, 3.8) is 0 Å². The molecule has 1 aromatic heterocycles. The lowest BCUT2D eigenvalue weighted by atomic mass is 9.84. The maximum atomic E-state index is 6.14. The smallest absolute Gasteiger partial charge is 0.137 e. The van der Waals surface area contributed by atoms with Gasteiger partial charge in [0.2, 0.25) is 0 Å². The van der Waals surface area contributed by atoms with E-state index >= 15 is 0 Å². The lowest BCUT2D eigenvalue weighted by molar-refractivity contribution is 0.291. The summed E-state index contributed by atoms with van der Waals surface area (Å²) in [5, 5.41) is 0.598. The molecule has 0 saturated carbocycles. The third-order valence-electron chi connectivity index (χ3n) is 3.42. The molecule has 0 aromatic carbocycles. The first-order valence-electron chi connectivity index (χ1n) is 6.28. The number of hydrogen-bond donors (Lipinski definition) is 0. The van der Waals surface area contributed by atoms with Crippen molar-refractivity contribution < 1.29 is 0 Å². The van der Waals surface area contributed by atoms with Crippen molar-refractivity contribution in [2.75, 3.05) is 18.0 Å². The van der Waals surface area contributed by atoms with Crippen LogP contribution in [0.15, 0.2) is 6.33 Å². The van der Waals surface area contributed by atoms with Gasteiger partial charge in [-0.15, -0.1) is 0 Å². The van der Waals surface area contributed by atoms with Gasteiger partial charge in [-0.25, -0.2) is 9.97 Å². The third kappa shape index (κ3) is 2.71. The highest BCUT2D eigenvalue weighted by atomic mass is 35.5. The molecule has 2 rings (SSSR count). The Hall–Kier alpha value is -0.830. The highest BCUT2D eigenvalue weighted by Gasteiger charge is 2.28. The van der Waals surface area contributed by atoms with Crippen molar-refractivity contribution in [1.82, 2.24) is 9.97 Å². The molecule has 0 N–H and O–H groups in total. The van der Waals surface area contributed by atoms with Gasteiger partial charge in [0.15, 0.2) is 0 Å². The predicted molar refractivity (Wildman–Crippen MR) is 71.6 cm³/mol. The van der Waals surface area contributed by atoms with E-state index in [-0.39, 0.29) is 0 Å². The van der Waals surface area contributed by atoms with Crippen molar-refractivity contribution in [3.8, 4) is 0 Å². The van der Waals surface area contributed by atoms with Gasteiger partial charge in [-0.3, -0.25) is 0 Å². The monoisotopic (exact) mass is 253 g/mol. The Morgan fingerprint density at radius 1 is 1.41 bits per heavy atom. The number of hydrogen-bond acceptors (Lipinski definition) is 3. The highest BCUT2D eigenvalue weighted by molar-refractivity contribution is 6.30. The van der Waals surface area contributed by atoms with Crippen LogP contribution in [0.25, 0.3) is 0 Å².